The van der Waals surface area contributed by atoms with Crippen LogP contribution in [-0.2, 0) is 10.4 Å². The number of rotatable bonds is 2. The second kappa shape index (κ2) is 4.26. The number of hydrogen-bond donors (Lipinski definition) is 2. The van der Waals surface area contributed by atoms with E-state index in [1.54, 1.807) is 12.1 Å². The third kappa shape index (κ3) is 1.83. The predicted molar refractivity (Wildman–Crippen MR) is 59.9 cm³/mol. The van der Waals surface area contributed by atoms with Crippen molar-refractivity contribution in [3.63, 3.8) is 0 Å². The summed E-state index contributed by atoms with van der Waals surface area (Å²) in [5, 5.41) is 19.8. The Hall–Kier alpha value is -1.35. The van der Waals surface area contributed by atoms with Gasteiger partial charge in [-0.15, -0.1) is 0 Å². The number of carboxylic acid groups (broad SMARTS) is 1. The van der Waals surface area contributed by atoms with Crippen LogP contribution in [0.5, 0.6) is 0 Å². The van der Waals surface area contributed by atoms with Crippen LogP contribution in [0.25, 0.3) is 0 Å². The van der Waals surface area contributed by atoms with E-state index in [-0.39, 0.29) is 0 Å². The molecule has 0 aliphatic heterocycles. The number of benzene rings is 1. The molecule has 1 fully saturated rings. The summed E-state index contributed by atoms with van der Waals surface area (Å²) in [6.45, 7) is 0. The molecule has 3 nitrogen and oxygen atoms in total. The summed E-state index contributed by atoms with van der Waals surface area (Å²) in [6, 6.07) is 9.15. The van der Waals surface area contributed by atoms with Crippen molar-refractivity contribution in [3.8, 4) is 0 Å². The third-order valence-electron chi connectivity index (χ3n) is 3.45. The Labute approximate surface area is 94.7 Å². The summed E-state index contributed by atoms with van der Waals surface area (Å²) in [5.74, 6) is -1.57. The van der Waals surface area contributed by atoms with Crippen molar-refractivity contribution in [2.24, 2.45) is 5.92 Å². The fourth-order valence-electron chi connectivity index (χ4n) is 2.56. The van der Waals surface area contributed by atoms with Crippen LogP contribution in [0.15, 0.2) is 30.3 Å². The maximum absolute atomic E-state index is 11.2. The Morgan fingerprint density at radius 3 is 2.56 bits per heavy atom. The molecule has 1 saturated carbocycles. The van der Waals surface area contributed by atoms with E-state index in [2.05, 4.69) is 0 Å². The standard InChI is InChI=1S/C13H16O3/c14-12(15)11-8-4-5-9-13(11,16)10-6-2-1-3-7-10/h1-3,6-7,11,16H,4-5,8-9H2,(H,14,15)/t11-,13-/m0/s1. The summed E-state index contributed by atoms with van der Waals surface area (Å²) in [6.07, 6.45) is 2.86. The minimum atomic E-state index is -1.19. The van der Waals surface area contributed by atoms with Crippen molar-refractivity contribution < 1.29 is 15.0 Å². The predicted octanol–water partition coefficient (Wildman–Crippen LogP) is 2.15. The lowest BCUT2D eigenvalue weighted by atomic mass is 9.71. The molecule has 2 atom stereocenters. The van der Waals surface area contributed by atoms with Crippen molar-refractivity contribution in [3.05, 3.63) is 35.9 Å². The monoisotopic (exact) mass is 220 g/mol. The summed E-state index contributed by atoms with van der Waals surface area (Å²) >= 11 is 0. The summed E-state index contributed by atoms with van der Waals surface area (Å²) in [4.78, 5) is 11.2. The van der Waals surface area contributed by atoms with Crippen molar-refractivity contribution in [2.75, 3.05) is 0 Å². The molecule has 16 heavy (non-hydrogen) atoms. The third-order valence-corrected chi connectivity index (χ3v) is 3.45. The van der Waals surface area contributed by atoms with Gasteiger partial charge in [0.25, 0.3) is 0 Å². The molecule has 0 heterocycles. The maximum Gasteiger partial charge on any atom is 0.309 e. The molecule has 1 aliphatic carbocycles. The Morgan fingerprint density at radius 2 is 1.94 bits per heavy atom. The molecular weight excluding hydrogens is 204 g/mol. The van der Waals surface area contributed by atoms with E-state index in [0.717, 1.165) is 18.4 Å². The van der Waals surface area contributed by atoms with Crippen LogP contribution in [-0.4, -0.2) is 16.2 Å². The number of aliphatic hydroxyl groups is 1. The van der Waals surface area contributed by atoms with Gasteiger partial charge in [0.1, 0.15) is 5.60 Å². The van der Waals surface area contributed by atoms with E-state index >= 15 is 0 Å². The zero-order chi connectivity index (χ0) is 11.6. The van der Waals surface area contributed by atoms with Crippen LogP contribution in [0.4, 0.5) is 0 Å². The molecule has 1 aromatic rings. The zero-order valence-corrected chi connectivity index (χ0v) is 9.10. The van der Waals surface area contributed by atoms with E-state index in [1.807, 2.05) is 18.2 Å². The lowest BCUT2D eigenvalue weighted by Crippen LogP contribution is -2.42. The molecule has 2 rings (SSSR count). The van der Waals surface area contributed by atoms with Crippen LogP contribution in [0.3, 0.4) is 0 Å². The highest BCUT2D eigenvalue weighted by atomic mass is 16.4. The van der Waals surface area contributed by atoms with Crippen LogP contribution in [0.2, 0.25) is 0 Å². The minimum Gasteiger partial charge on any atom is -0.481 e. The van der Waals surface area contributed by atoms with Crippen molar-refractivity contribution in [1.82, 2.24) is 0 Å². The van der Waals surface area contributed by atoms with Gasteiger partial charge in [-0.3, -0.25) is 4.79 Å². The average Bonchev–Trinajstić information content (AvgIpc) is 2.30. The Kier molecular flexibility index (Phi) is 2.97. The van der Waals surface area contributed by atoms with Gasteiger partial charge < -0.3 is 10.2 Å². The summed E-state index contributed by atoms with van der Waals surface area (Å²) in [5.41, 5.74) is -0.465. The van der Waals surface area contributed by atoms with Gasteiger partial charge >= 0.3 is 5.97 Å². The molecule has 86 valence electrons. The number of aliphatic carboxylic acids is 1. The highest BCUT2D eigenvalue weighted by Crippen LogP contribution is 2.41. The molecule has 0 spiro atoms. The van der Waals surface area contributed by atoms with Gasteiger partial charge in [0.05, 0.1) is 5.92 Å². The molecular formula is C13H16O3. The molecule has 1 aromatic carbocycles. The van der Waals surface area contributed by atoms with E-state index in [1.165, 1.54) is 0 Å². The first-order valence-electron chi connectivity index (χ1n) is 5.65. The first-order chi connectivity index (χ1) is 7.64. The van der Waals surface area contributed by atoms with E-state index in [9.17, 15) is 15.0 Å². The zero-order valence-electron chi connectivity index (χ0n) is 9.10. The summed E-state index contributed by atoms with van der Waals surface area (Å²) in [7, 11) is 0. The van der Waals surface area contributed by atoms with Gasteiger partial charge in [-0.25, -0.2) is 0 Å². The topological polar surface area (TPSA) is 57.5 Å². The Balaban J connectivity index is 2.37. The normalized spacial score (nSPS) is 29.9. The highest BCUT2D eigenvalue weighted by molar-refractivity contribution is 5.72. The molecule has 0 aromatic heterocycles. The molecule has 0 unspecified atom stereocenters. The molecule has 0 radical (unpaired) electrons. The van der Waals surface area contributed by atoms with Crippen LogP contribution >= 0.6 is 0 Å². The SMILES string of the molecule is O=C(O)[C@@H]1CCCC[C@]1(O)c1ccccc1. The number of carboxylic acids is 1. The van der Waals surface area contributed by atoms with Crippen molar-refractivity contribution >= 4 is 5.97 Å². The van der Waals surface area contributed by atoms with E-state index in [4.69, 9.17) is 0 Å². The first-order valence-corrected chi connectivity index (χ1v) is 5.65. The number of hydrogen-bond acceptors (Lipinski definition) is 2. The van der Waals surface area contributed by atoms with Gasteiger partial charge in [0.15, 0.2) is 0 Å². The van der Waals surface area contributed by atoms with Gasteiger partial charge in [0.2, 0.25) is 0 Å². The van der Waals surface area contributed by atoms with Gasteiger partial charge in [0, 0.05) is 0 Å². The lowest BCUT2D eigenvalue weighted by molar-refractivity contribution is -0.157. The van der Waals surface area contributed by atoms with Gasteiger partial charge in [-0.1, -0.05) is 43.2 Å². The van der Waals surface area contributed by atoms with Crippen LogP contribution in [0.1, 0.15) is 31.2 Å². The van der Waals surface area contributed by atoms with E-state index < -0.39 is 17.5 Å². The fourth-order valence-corrected chi connectivity index (χ4v) is 2.56. The summed E-state index contributed by atoms with van der Waals surface area (Å²) < 4.78 is 0. The Bertz CT molecular complexity index is 374. The largest absolute Gasteiger partial charge is 0.481 e. The van der Waals surface area contributed by atoms with E-state index in [0.29, 0.717) is 12.8 Å². The fraction of sp³-hybridized carbons (Fsp3) is 0.462. The molecule has 1 aliphatic rings. The van der Waals surface area contributed by atoms with Crippen molar-refractivity contribution in [2.45, 2.75) is 31.3 Å². The molecule has 0 bridgehead atoms. The maximum atomic E-state index is 11.2. The highest BCUT2D eigenvalue weighted by Gasteiger charge is 2.44. The van der Waals surface area contributed by atoms with Crippen LogP contribution in [0, 0.1) is 5.92 Å². The lowest BCUT2D eigenvalue weighted by Gasteiger charge is -2.38. The molecule has 0 amide bonds. The molecule has 0 saturated heterocycles. The smallest absolute Gasteiger partial charge is 0.309 e. The number of carbonyl (C=O) groups is 1. The Morgan fingerprint density at radius 1 is 1.25 bits per heavy atom. The van der Waals surface area contributed by atoms with Crippen molar-refractivity contribution in [1.29, 1.82) is 0 Å². The molecule has 2 N–H and O–H groups in total. The average molecular weight is 220 g/mol. The van der Waals surface area contributed by atoms with Gasteiger partial charge in [-0.05, 0) is 18.4 Å². The second-order valence-corrected chi connectivity index (χ2v) is 4.43. The second-order valence-electron chi connectivity index (χ2n) is 4.43. The van der Waals surface area contributed by atoms with Gasteiger partial charge in [-0.2, -0.15) is 0 Å². The first kappa shape index (κ1) is 11.1. The molecule has 3 heteroatoms. The minimum absolute atomic E-state index is 0.536. The van der Waals surface area contributed by atoms with Crippen LogP contribution < -0.4 is 0 Å². The quantitative estimate of drug-likeness (QED) is 0.802.